The summed E-state index contributed by atoms with van der Waals surface area (Å²) in [6.45, 7) is 3.10. The van der Waals surface area contributed by atoms with Gasteiger partial charge in [-0.05, 0) is 49.3 Å². The summed E-state index contributed by atoms with van der Waals surface area (Å²) in [5, 5.41) is 4.23. The highest BCUT2D eigenvalue weighted by Crippen LogP contribution is 2.38. The second-order valence-electron chi connectivity index (χ2n) is 7.03. The quantitative estimate of drug-likeness (QED) is 0.739. The van der Waals surface area contributed by atoms with Crippen molar-refractivity contribution in [2.75, 3.05) is 26.9 Å². The minimum atomic E-state index is 0.00806. The molecule has 0 aromatic carbocycles. The fraction of sp³-hybridized carbons (Fsp3) is 0.500. The third-order valence-corrected chi connectivity index (χ3v) is 5.68. The van der Waals surface area contributed by atoms with Gasteiger partial charge in [0.1, 0.15) is 0 Å². The van der Waals surface area contributed by atoms with Crippen LogP contribution in [0.1, 0.15) is 36.3 Å². The number of nitrogens with zero attached hydrogens (tertiary/aromatic N) is 3. The van der Waals surface area contributed by atoms with E-state index in [1.54, 1.807) is 7.11 Å². The molecule has 2 aromatic heterocycles. The molecule has 2 fully saturated rings. The lowest BCUT2D eigenvalue weighted by Crippen LogP contribution is -2.33. The number of hydrogen-bond acceptors (Lipinski definition) is 4. The largest absolute Gasteiger partial charge is 0.383 e. The molecule has 27 heavy (non-hydrogen) atoms. The maximum atomic E-state index is 5.86. The maximum absolute atomic E-state index is 5.86. The number of ether oxygens (including phenoxy) is 2. The third kappa shape index (κ3) is 3.85. The van der Waals surface area contributed by atoms with Crippen molar-refractivity contribution in [3.05, 3.63) is 54.1 Å². The van der Waals surface area contributed by atoms with E-state index in [2.05, 4.69) is 44.2 Å². The SMILES string of the molecule is COCCN1C(=S)N[C@H](c2ccccn2)[C@@H]1c1cccn1C[C@@H]1CCCO1. The summed E-state index contributed by atoms with van der Waals surface area (Å²) in [6.07, 6.45) is 6.53. The van der Waals surface area contributed by atoms with Crippen LogP contribution in [0, 0.1) is 0 Å². The van der Waals surface area contributed by atoms with Crippen molar-refractivity contribution in [1.82, 2.24) is 19.8 Å². The Labute approximate surface area is 165 Å². The number of thiocarbonyl (C=S) groups is 1. The van der Waals surface area contributed by atoms with Crippen molar-refractivity contribution in [2.24, 2.45) is 0 Å². The highest BCUT2D eigenvalue weighted by atomic mass is 32.1. The molecule has 4 rings (SSSR count). The summed E-state index contributed by atoms with van der Waals surface area (Å²) in [7, 11) is 1.72. The summed E-state index contributed by atoms with van der Waals surface area (Å²) < 4.78 is 13.5. The first-order valence-corrected chi connectivity index (χ1v) is 9.92. The molecule has 2 aromatic rings. The van der Waals surface area contributed by atoms with Gasteiger partial charge in [0.2, 0.25) is 0 Å². The maximum Gasteiger partial charge on any atom is 0.170 e. The molecule has 0 amide bonds. The second kappa shape index (κ2) is 8.37. The van der Waals surface area contributed by atoms with Crippen LogP contribution in [-0.2, 0) is 16.0 Å². The van der Waals surface area contributed by atoms with Crippen LogP contribution in [0.25, 0.3) is 0 Å². The zero-order valence-corrected chi connectivity index (χ0v) is 16.4. The Morgan fingerprint density at radius 2 is 2.26 bits per heavy atom. The fourth-order valence-corrected chi connectivity index (χ4v) is 4.36. The molecule has 4 heterocycles. The lowest BCUT2D eigenvalue weighted by Gasteiger charge is -2.29. The predicted molar refractivity (Wildman–Crippen MR) is 107 cm³/mol. The minimum absolute atomic E-state index is 0.00806. The third-order valence-electron chi connectivity index (χ3n) is 5.33. The Kier molecular flexibility index (Phi) is 5.71. The van der Waals surface area contributed by atoms with E-state index in [1.807, 2.05) is 18.3 Å². The van der Waals surface area contributed by atoms with Gasteiger partial charge in [-0.1, -0.05) is 6.07 Å². The average Bonchev–Trinajstić information content (AvgIpc) is 3.42. The van der Waals surface area contributed by atoms with E-state index in [4.69, 9.17) is 21.7 Å². The summed E-state index contributed by atoms with van der Waals surface area (Å²) in [5.74, 6) is 0. The van der Waals surface area contributed by atoms with Gasteiger partial charge >= 0.3 is 0 Å². The Morgan fingerprint density at radius 3 is 3.00 bits per heavy atom. The highest BCUT2D eigenvalue weighted by Gasteiger charge is 2.41. The minimum Gasteiger partial charge on any atom is -0.383 e. The van der Waals surface area contributed by atoms with Gasteiger partial charge in [0.05, 0.1) is 30.5 Å². The monoisotopic (exact) mass is 386 g/mol. The molecule has 1 N–H and O–H groups in total. The van der Waals surface area contributed by atoms with Gasteiger partial charge < -0.3 is 24.3 Å². The molecule has 2 aliphatic heterocycles. The molecule has 7 heteroatoms. The smallest absolute Gasteiger partial charge is 0.170 e. The first kappa shape index (κ1) is 18.4. The van der Waals surface area contributed by atoms with Gasteiger partial charge in [-0.25, -0.2) is 0 Å². The van der Waals surface area contributed by atoms with Crippen LogP contribution in [0.5, 0.6) is 0 Å². The van der Waals surface area contributed by atoms with E-state index < -0.39 is 0 Å². The lowest BCUT2D eigenvalue weighted by molar-refractivity contribution is 0.0949. The number of pyridine rings is 1. The van der Waals surface area contributed by atoms with E-state index >= 15 is 0 Å². The first-order chi connectivity index (χ1) is 13.3. The fourth-order valence-electron chi connectivity index (χ4n) is 4.03. The molecule has 0 unspecified atom stereocenters. The Bertz CT molecular complexity index is 760. The Hall–Kier alpha value is -1.96. The zero-order chi connectivity index (χ0) is 18.6. The highest BCUT2D eigenvalue weighted by molar-refractivity contribution is 7.80. The van der Waals surface area contributed by atoms with Crippen LogP contribution in [0.15, 0.2) is 42.7 Å². The van der Waals surface area contributed by atoms with Crippen molar-refractivity contribution in [3.63, 3.8) is 0 Å². The van der Waals surface area contributed by atoms with Crippen LogP contribution in [0.2, 0.25) is 0 Å². The van der Waals surface area contributed by atoms with Crippen LogP contribution in [-0.4, -0.2) is 52.5 Å². The number of rotatable bonds is 7. The molecule has 144 valence electrons. The van der Waals surface area contributed by atoms with Crippen LogP contribution < -0.4 is 5.32 Å². The number of aromatic nitrogens is 2. The molecule has 0 saturated carbocycles. The summed E-state index contributed by atoms with van der Waals surface area (Å²) in [4.78, 5) is 6.81. The number of nitrogens with one attached hydrogen (secondary N) is 1. The van der Waals surface area contributed by atoms with Crippen LogP contribution in [0.3, 0.4) is 0 Å². The van der Waals surface area contributed by atoms with Crippen LogP contribution >= 0.6 is 12.2 Å². The van der Waals surface area contributed by atoms with Crippen molar-refractivity contribution >= 4 is 17.3 Å². The molecule has 0 aliphatic carbocycles. The van der Waals surface area contributed by atoms with Crippen molar-refractivity contribution in [2.45, 2.75) is 37.6 Å². The molecule has 0 radical (unpaired) electrons. The van der Waals surface area contributed by atoms with Gasteiger partial charge in [0, 0.05) is 44.9 Å². The molecule has 2 saturated heterocycles. The molecule has 6 nitrogen and oxygen atoms in total. The zero-order valence-electron chi connectivity index (χ0n) is 15.6. The average molecular weight is 387 g/mol. The molecule has 3 atom stereocenters. The van der Waals surface area contributed by atoms with Crippen molar-refractivity contribution in [1.29, 1.82) is 0 Å². The Balaban J connectivity index is 1.66. The molecular weight excluding hydrogens is 360 g/mol. The van der Waals surface area contributed by atoms with E-state index in [-0.39, 0.29) is 18.2 Å². The van der Waals surface area contributed by atoms with E-state index in [0.717, 1.165) is 43.3 Å². The van der Waals surface area contributed by atoms with Crippen molar-refractivity contribution < 1.29 is 9.47 Å². The normalized spacial score (nSPS) is 25.1. The number of methoxy groups -OCH3 is 1. The molecule has 0 spiro atoms. The molecule has 2 aliphatic rings. The lowest BCUT2D eigenvalue weighted by atomic mass is 10.0. The van der Waals surface area contributed by atoms with Crippen LogP contribution in [0.4, 0.5) is 0 Å². The topological polar surface area (TPSA) is 51.5 Å². The first-order valence-electron chi connectivity index (χ1n) is 9.51. The second-order valence-corrected chi connectivity index (χ2v) is 7.42. The van der Waals surface area contributed by atoms with Gasteiger partial charge in [-0.2, -0.15) is 0 Å². The van der Waals surface area contributed by atoms with E-state index in [9.17, 15) is 0 Å². The van der Waals surface area contributed by atoms with E-state index in [0.29, 0.717) is 6.61 Å². The summed E-state index contributed by atoms with van der Waals surface area (Å²) in [6, 6.07) is 10.4. The van der Waals surface area contributed by atoms with Gasteiger partial charge in [-0.3, -0.25) is 4.98 Å². The van der Waals surface area contributed by atoms with Gasteiger partial charge in [0.15, 0.2) is 5.11 Å². The molecule has 0 bridgehead atoms. The van der Waals surface area contributed by atoms with Crippen molar-refractivity contribution in [3.8, 4) is 0 Å². The number of hydrogen-bond donors (Lipinski definition) is 1. The summed E-state index contributed by atoms with van der Waals surface area (Å²) in [5.41, 5.74) is 2.22. The van der Waals surface area contributed by atoms with Gasteiger partial charge in [0.25, 0.3) is 0 Å². The van der Waals surface area contributed by atoms with E-state index in [1.165, 1.54) is 5.69 Å². The Morgan fingerprint density at radius 1 is 1.33 bits per heavy atom. The standard InChI is InChI=1S/C20H26N4O2S/c1-25-13-11-24-19(18(22-20(24)27)16-7-2-3-9-21-16)17-8-4-10-23(17)14-15-6-5-12-26-15/h2-4,7-10,15,18-19H,5-6,11-14H2,1H3,(H,22,27)/t15-,18+,19-/m0/s1. The van der Waals surface area contributed by atoms with Gasteiger partial charge in [-0.15, -0.1) is 0 Å². The molecular formula is C20H26N4O2S. The predicted octanol–water partition coefficient (Wildman–Crippen LogP) is 2.68. The summed E-state index contributed by atoms with van der Waals surface area (Å²) >= 11 is 5.67.